The smallest absolute Gasteiger partial charge is 0.352 e. The molecule has 0 radical (unpaired) electrons. The van der Waals surface area contributed by atoms with E-state index < -0.39 is 11.4 Å². The Balaban J connectivity index is 3.26. The van der Waals surface area contributed by atoms with Crippen molar-refractivity contribution in [1.82, 2.24) is 4.98 Å². The minimum Gasteiger partial charge on any atom is -0.477 e. The third-order valence-corrected chi connectivity index (χ3v) is 1.17. The quantitative estimate of drug-likeness (QED) is 0.515. The largest absolute Gasteiger partial charge is 0.477 e. The summed E-state index contributed by atoms with van der Waals surface area (Å²) < 4.78 is 0. The van der Waals surface area contributed by atoms with E-state index in [0.717, 1.165) is 12.3 Å². The van der Waals surface area contributed by atoms with Gasteiger partial charge in [0.2, 0.25) is 5.43 Å². The van der Waals surface area contributed by atoms with Crippen molar-refractivity contribution in [3.05, 3.63) is 28.2 Å². The molecule has 1 aromatic heterocycles. The first-order valence-corrected chi connectivity index (χ1v) is 2.83. The SMILES string of the molecule is Nc1c[nH]c(C(=O)O)cc1=O. The number of carboxylic acid groups (broad SMARTS) is 1. The zero-order valence-corrected chi connectivity index (χ0v) is 5.50. The fourth-order valence-electron chi connectivity index (χ4n) is 0.606. The predicted molar refractivity (Wildman–Crippen MR) is 38.4 cm³/mol. The molecule has 0 unspecified atom stereocenters. The van der Waals surface area contributed by atoms with E-state index in [1.54, 1.807) is 0 Å². The minimum absolute atomic E-state index is 0.00926. The molecule has 0 atom stereocenters. The summed E-state index contributed by atoms with van der Waals surface area (Å²) in [5.41, 5.74) is 4.51. The van der Waals surface area contributed by atoms with E-state index >= 15 is 0 Å². The van der Waals surface area contributed by atoms with Crippen LogP contribution in [0.15, 0.2) is 17.1 Å². The lowest BCUT2D eigenvalue weighted by Crippen LogP contribution is -2.11. The van der Waals surface area contributed by atoms with Gasteiger partial charge in [0.05, 0.1) is 5.69 Å². The number of aromatic carboxylic acids is 1. The first kappa shape index (κ1) is 7.33. The fourth-order valence-corrected chi connectivity index (χ4v) is 0.606. The van der Waals surface area contributed by atoms with E-state index in [0.29, 0.717) is 0 Å². The van der Waals surface area contributed by atoms with Gasteiger partial charge in [0.1, 0.15) is 5.69 Å². The third kappa shape index (κ3) is 1.37. The average molecular weight is 154 g/mol. The Hall–Kier alpha value is -1.78. The van der Waals surface area contributed by atoms with Crippen molar-refractivity contribution in [2.24, 2.45) is 0 Å². The molecule has 11 heavy (non-hydrogen) atoms. The minimum atomic E-state index is -1.18. The summed E-state index contributed by atoms with van der Waals surface area (Å²) in [5, 5.41) is 8.39. The Morgan fingerprint density at radius 2 is 2.27 bits per heavy atom. The second kappa shape index (κ2) is 2.45. The van der Waals surface area contributed by atoms with E-state index in [-0.39, 0.29) is 11.4 Å². The maximum Gasteiger partial charge on any atom is 0.352 e. The van der Waals surface area contributed by atoms with Crippen LogP contribution in [-0.2, 0) is 0 Å². The summed E-state index contributed by atoms with van der Waals surface area (Å²) in [5.74, 6) is -1.18. The average Bonchev–Trinajstić information content (AvgIpc) is 1.94. The van der Waals surface area contributed by atoms with Crippen LogP contribution in [0, 0.1) is 0 Å². The highest BCUT2D eigenvalue weighted by Gasteiger charge is 2.03. The summed E-state index contributed by atoms with van der Waals surface area (Å²) in [6.07, 6.45) is 1.16. The Morgan fingerprint density at radius 1 is 1.64 bits per heavy atom. The standard InChI is InChI=1S/C6H6N2O3/c7-3-2-8-4(6(10)11)1-5(3)9/h1-2H,7H2,(H,8,9)(H,10,11). The summed E-state index contributed by atoms with van der Waals surface area (Å²) in [6.45, 7) is 0. The van der Waals surface area contributed by atoms with Crippen molar-refractivity contribution in [3.8, 4) is 0 Å². The van der Waals surface area contributed by atoms with Gasteiger partial charge in [-0.25, -0.2) is 4.79 Å². The van der Waals surface area contributed by atoms with Crippen LogP contribution in [0.5, 0.6) is 0 Å². The number of hydrogen-bond acceptors (Lipinski definition) is 3. The van der Waals surface area contributed by atoms with Crippen molar-refractivity contribution < 1.29 is 9.90 Å². The molecule has 58 valence electrons. The number of nitrogen functional groups attached to an aromatic ring is 1. The van der Waals surface area contributed by atoms with Crippen molar-refractivity contribution in [2.75, 3.05) is 5.73 Å². The van der Waals surface area contributed by atoms with Crippen molar-refractivity contribution in [2.45, 2.75) is 0 Å². The van der Waals surface area contributed by atoms with Gasteiger partial charge in [-0.2, -0.15) is 0 Å². The van der Waals surface area contributed by atoms with Gasteiger partial charge in [-0.05, 0) is 0 Å². The predicted octanol–water partition coefficient (Wildman–Crippen LogP) is -0.345. The number of aromatic amines is 1. The van der Waals surface area contributed by atoms with E-state index in [4.69, 9.17) is 10.8 Å². The number of pyridine rings is 1. The second-order valence-electron chi connectivity index (χ2n) is 1.97. The number of hydrogen-bond donors (Lipinski definition) is 3. The Kier molecular flexibility index (Phi) is 1.63. The highest BCUT2D eigenvalue weighted by atomic mass is 16.4. The summed E-state index contributed by atoms with van der Waals surface area (Å²) in [6, 6.07) is 0.942. The van der Waals surface area contributed by atoms with E-state index in [2.05, 4.69) is 4.98 Å². The van der Waals surface area contributed by atoms with Gasteiger partial charge >= 0.3 is 5.97 Å². The molecule has 5 heteroatoms. The monoisotopic (exact) mass is 154 g/mol. The molecule has 0 fully saturated rings. The van der Waals surface area contributed by atoms with Gasteiger partial charge in [-0.3, -0.25) is 4.79 Å². The van der Waals surface area contributed by atoms with Gasteiger partial charge in [-0.1, -0.05) is 0 Å². The summed E-state index contributed by atoms with van der Waals surface area (Å²) in [7, 11) is 0. The molecule has 1 rings (SSSR count). The maximum atomic E-state index is 10.7. The van der Waals surface area contributed by atoms with Crippen LogP contribution < -0.4 is 11.2 Å². The zero-order chi connectivity index (χ0) is 8.43. The first-order chi connectivity index (χ1) is 5.11. The number of rotatable bonds is 1. The number of carbonyl (C=O) groups is 1. The van der Waals surface area contributed by atoms with Crippen LogP contribution in [-0.4, -0.2) is 16.1 Å². The van der Waals surface area contributed by atoms with Crippen LogP contribution in [0.4, 0.5) is 5.69 Å². The number of nitrogens with one attached hydrogen (secondary N) is 1. The lowest BCUT2D eigenvalue weighted by molar-refractivity contribution is 0.0690. The lowest BCUT2D eigenvalue weighted by Gasteiger charge is -1.93. The van der Waals surface area contributed by atoms with Crippen LogP contribution in [0.25, 0.3) is 0 Å². The van der Waals surface area contributed by atoms with Crippen molar-refractivity contribution in [3.63, 3.8) is 0 Å². The molecule has 0 aliphatic carbocycles. The van der Waals surface area contributed by atoms with Crippen LogP contribution in [0.3, 0.4) is 0 Å². The number of carboxylic acids is 1. The van der Waals surface area contributed by atoms with Gasteiger partial charge in [0, 0.05) is 12.3 Å². The van der Waals surface area contributed by atoms with Gasteiger partial charge in [0.15, 0.2) is 0 Å². The summed E-state index contributed by atoms with van der Waals surface area (Å²) in [4.78, 5) is 23.3. The lowest BCUT2D eigenvalue weighted by atomic mass is 10.3. The molecule has 0 bridgehead atoms. The van der Waals surface area contributed by atoms with Gasteiger partial charge in [0.25, 0.3) is 0 Å². The molecule has 0 spiro atoms. The van der Waals surface area contributed by atoms with Crippen LogP contribution in [0.1, 0.15) is 10.5 Å². The molecule has 0 saturated heterocycles. The number of aromatic nitrogens is 1. The second-order valence-corrected chi connectivity index (χ2v) is 1.97. The molecule has 1 aromatic rings. The third-order valence-electron chi connectivity index (χ3n) is 1.17. The van der Waals surface area contributed by atoms with Gasteiger partial charge in [-0.15, -0.1) is 0 Å². The topological polar surface area (TPSA) is 96.2 Å². The Morgan fingerprint density at radius 3 is 2.73 bits per heavy atom. The molecule has 0 aliphatic rings. The Bertz CT molecular complexity index is 342. The highest BCUT2D eigenvalue weighted by molar-refractivity contribution is 5.85. The van der Waals surface area contributed by atoms with Crippen molar-refractivity contribution in [1.29, 1.82) is 0 Å². The molecule has 0 amide bonds. The summed E-state index contributed by atoms with van der Waals surface area (Å²) >= 11 is 0. The van der Waals surface area contributed by atoms with Crippen LogP contribution >= 0.6 is 0 Å². The van der Waals surface area contributed by atoms with E-state index in [9.17, 15) is 9.59 Å². The fraction of sp³-hybridized carbons (Fsp3) is 0. The number of H-pyrrole nitrogens is 1. The van der Waals surface area contributed by atoms with E-state index in [1.165, 1.54) is 0 Å². The van der Waals surface area contributed by atoms with Crippen molar-refractivity contribution >= 4 is 11.7 Å². The normalized spacial score (nSPS) is 9.45. The molecule has 0 aliphatic heterocycles. The van der Waals surface area contributed by atoms with Crippen LogP contribution in [0.2, 0.25) is 0 Å². The molecule has 4 N–H and O–H groups in total. The molecule has 0 saturated carbocycles. The van der Waals surface area contributed by atoms with E-state index in [1.807, 2.05) is 0 Å². The number of anilines is 1. The Labute approximate surface area is 61.5 Å². The molecule has 1 heterocycles. The molecular weight excluding hydrogens is 148 g/mol. The molecule has 5 nitrogen and oxygen atoms in total. The maximum absolute atomic E-state index is 10.7. The highest BCUT2D eigenvalue weighted by Crippen LogP contribution is 1.92. The molecular formula is C6H6N2O3. The van der Waals surface area contributed by atoms with Gasteiger partial charge < -0.3 is 15.8 Å². The zero-order valence-electron chi connectivity index (χ0n) is 5.50. The molecule has 0 aromatic carbocycles. The first-order valence-electron chi connectivity index (χ1n) is 2.83. The number of nitrogens with two attached hydrogens (primary N) is 1.